The van der Waals surface area contributed by atoms with E-state index in [0.717, 1.165) is 16.3 Å². The van der Waals surface area contributed by atoms with Crippen LogP contribution in [0, 0.1) is 0 Å². The Kier molecular flexibility index (Phi) is 4.32. The molecular weight excluding hydrogens is 286 g/mol. The molecule has 2 aromatic rings. The van der Waals surface area contributed by atoms with Crippen molar-refractivity contribution in [2.45, 2.75) is 32.6 Å². The molecule has 0 atom stereocenters. The van der Waals surface area contributed by atoms with E-state index in [-0.39, 0.29) is 5.41 Å². The first kappa shape index (κ1) is 15.5. The van der Waals surface area contributed by atoms with Gasteiger partial charge in [-0.05, 0) is 6.07 Å². The zero-order valence-corrected chi connectivity index (χ0v) is 13.5. The van der Waals surface area contributed by atoms with E-state index in [1.807, 2.05) is 45.0 Å². The van der Waals surface area contributed by atoms with Crippen LogP contribution in [-0.4, -0.2) is 23.2 Å². The molecule has 0 saturated carbocycles. The molecule has 0 fully saturated rings. The number of aromatic carboxylic acids is 1. The summed E-state index contributed by atoms with van der Waals surface area (Å²) in [7, 11) is 1.63. The normalized spacial score (nSPS) is 11.4. The molecule has 5 heteroatoms. The predicted octanol–water partition coefficient (Wildman–Crippen LogP) is 3.74. The Morgan fingerprint density at radius 2 is 2.00 bits per heavy atom. The maximum atomic E-state index is 11.4. The molecular formula is C16H19NO3S. The van der Waals surface area contributed by atoms with Crippen LogP contribution in [0.3, 0.4) is 0 Å². The summed E-state index contributed by atoms with van der Waals surface area (Å²) < 4.78 is 5.33. The molecule has 0 amide bonds. The quantitative estimate of drug-likeness (QED) is 0.935. The summed E-state index contributed by atoms with van der Waals surface area (Å²) >= 11 is 1.24. The van der Waals surface area contributed by atoms with Crippen LogP contribution in [0.4, 0.5) is 0 Å². The highest BCUT2D eigenvalue weighted by Gasteiger charge is 2.27. The zero-order valence-electron chi connectivity index (χ0n) is 12.6. The van der Waals surface area contributed by atoms with E-state index in [1.54, 1.807) is 7.11 Å². The summed E-state index contributed by atoms with van der Waals surface area (Å²) in [5.74, 6) is -0.120. The van der Waals surface area contributed by atoms with E-state index >= 15 is 0 Å². The van der Waals surface area contributed by atoms with E-state index in [9.17, 15) is 9.90 Å². The third kappa shape index (κ3) is 3.42. The third-order valence-electron chi connectivity index (χ3n) is 3.11. The van der Waals surface area contributed by atoms with Crippen LogP contribution >= 0.6 is 11.3 Å². The molecule has 1 aromatic heterocycles. The predicted molar refractivity (Wildman–Crippen MR) is 83.6 cm³/mol. The van der Waals surface area contributed by atoms with Crippen LogP contribution in [0.25, 0.3) is 0 Å². The Hall–Kier alpha value is -1.88. The summed E-state index contributed by atoms with van der Waals surface area (Å²) in [6.07, 6.45) is 0.574. The smallest absolute Gasteiger partial charge is 0.347 e. The second-order valence-electron chi connectivity index (χ2n) is 5.83. The summed E-state index contributed by atoms with van der Waals surface area (Å²) in [5.41, 5.74) is 1.36. The molecule has 2 rings (SSSR count). The molecule has 4 nitrogen and oxygen atoms in total. The van der Waals surface area contributed by atoms with Crippen molar-refractivity contribution in [2.24, 2.45) is 0 Å². The summed E-state index contributed by atoms with van der Waals surface area (Å²) in [5, 5.41) is 10.1. The molecule has 0 saturated heterocycles. The standard InChI is InChI=1S/C16H19NO3S/c1-16(2,3)14-13(15(18)19)21-12(17-14)9-10-7-5-6-8-11(10)20-4/h5-8H,9H2,1-4H3,(H,18,19). The van der Waals surface area contributed by atoms with Crippen LogP contribution < -0.4 is 4.74 Å². The number of carboxylic acid groups (broad SMARTS) is 1. The van der Waals surface area contributed by atoms with Crippen LogP contribution in [0.2, 0.25) is 0 Å². The van der Waals surface area contributed by atoms with Gasteiger partial charge in [0, 0.05) is 17.4 Å². The van der Waals surface area contributed by atoms with Gasteiger partial charge in [-0.1, -0.05) is 39.0 Å². The fourth-order valence-corrected chi connectivity index (χ4v) is 3.24. The lowest BCUT2D eigenvalue weighted by atomic mass is 9.91. The summed E-state index contributed by atoms with van der Waals surface area (Å²) in [4.78, 5) is 16.3. The molecule has 0 radical (unpaired) electrons. The Balaban J connectivity index is 2.40. The Bertz CT molecular complexity index is 656. The van der Waals surface area contributed by atoms with Gasteiger partial charge in [0.25, 0.3) is 0 Å². The number of hydrogen-bond acceptors (Lipinski definition) is 4. The van der Waals surface area contributed by atoms with E-state index in [1.165, 1.54) is 11.3 Å². The van der Waals surface area contributed by atoms with Gasteiger partial charge < -0.3 is 9.84 Å². The number of thiazole rings is 1. The van der Waals surface area contributed by atoms with Crippen molar-refractivity contribution >= 4 is 17.3 Å². The van der Waals surface area contributed by atoms with Crippen molar-refractivity contribution in [1.82, 2.24) is 4.98 Å². The van der Waals surface area contributed by atoms with Crippen molar-refractivity contribution in [1.29, 1.82) is 0 Å². The van der Waals surface area contributed by atoms with E-state index in [0.29, 0.717) is 17.0 Å². The van der Waals surface area contributed by atoms with Gasteiger partial charge in [0.2, 0.25) is 0 Å². The first-order valence-corrected chi connectivity index (χ1v) is 7.50. The molecule has 0 aliphatic carbocycles. The number of carboxylic acids is 1. The number of benzene rings is 1. The second kappa shape index (κ2) is 5.85. The van der Waals surface area contributed by atoms with Crippen LogP contribution in [0.15, 0.2) is 24.3 Å². The number of ether oxygens (including phenoxy) is 1. The van der Waals surface area contributed by atoms with Crippen molar-refractivity contribution in [2.75, 3.05) is 7.11 Å². The molecule has 0 aliphatic rings. The van der Waals surface area contributed by atoms with Gasteiger partial charge in [-0.2, -0.15) is 0 Å². The Morgan fingerprint density at radius 3 is 2.52 bits per heavy atom. The van der Waals surface area contributed by atoms with Gasteiger partial charge in [0.1, 0.15) is 10.6 Å². The molecule has 112 valence electrons. The lowest BCUT2D eigenvalue weighted by Gasteiger charge is -2.16. The summed E-state index contributed by atoms with van der Waals surface area (Å²) in [6.45, 7) is 5.92. The number of methoxy groups -OCH3 is 1. The number of rotatable bonds is 4. The lowest BCUT2D eigenvalue weighted by molar-refractivity contribution is 0.0699. The van der Waals surface area contributed by atoms with Crippen LogP contribution in [-0.2, 0) is 11.8 Å². The molecule has 0 spiro atoms. The fraction of sp³-hybridized carbons (Fsp3) is 0.375. The number of carbonyl (C=O) groups is 1. The topological polar surface area (TPSA) is 59.4 Å². The Morgan fingerprint density at radius 1 is 1.33 bits per heavy atom. The molecule has 1 heterocycles. The minimum absolute atomic E-state index is 0.288. The van der Waals surface area contributed by atoms with Crippen molar-refractivity contribution in [3.05, 3.63) is 45.4 Å². The first-order chi connectivity index (χ1) is 9.82. The van der Waals surface area contributed by atoms with E-state index in [2.05, 4.69) is 4.98 Å². The molecule has 1 N–H and O–H groups in total. The van der Waals surface area contributed by atoms with Gasteiger partial charge in [-0.15, -0.1) is 11.3 Å². The van der Waals surface area contributed by atoms with E-state index in [4.69, 9.17) is 4.74 Å². The van der Waals surface area contributed by atoms with E-state index < -0.39 is 5.97 Å². The van der Waals surface area contributed by atoms with Crippen LogP contribution in [0.1, 0.15) is 46.7 Å². The average molecular weight is 305 g/mol. The maximum Gasteiger partial charge on any atom is 0.347 e. The highest BCUT2D eigenvalue weighted by molar-refractivity contribution is 7.13. The minimum atomic E-state index is -0.913. The number of aromatic nitrogens is 1. The first-order valence-electron chi connectivity index (χ1n) is 6.68. The van der Waals surface area contributed by atoms with Gasteiger partial charge in [-0.3, -0.25) is 0 Å². The zero-order chi connectivity index (χ0) is 15.6. The Labute approximate surface area is 128 Å². The summed E-state index contributed by atoms with van der Waals surface area (Å²) in [6, 6.07) is 7.71. The number of para-hydroxylation sites is 1. The molecule has 0 aliphatic heterocycles. The molecule has 21 heavy (non-hydrogen) atoms. The van der Waals surface area contributed by atoms with Crippen LogP contribution in [0.5, 0.6) is 5.75 Å². The van der Waals surface area contributed by atoms with Gasteiger partial charge in [0.15, 0.2) is 0 Å². The number of hydrogen-bond donors (Lipinski definition) is 1. The largest absolute Gasteiger partial charge is 0.496 e. The highest BCUT2D eigenvalue weighted by Crippen LogP contribution is 2.31. The third-order valence-corrected chi connectivity index (χ3v) is 4.15. The minimum Gasteiger partial charge on any atom is -0.496 e. The highest BCUT2D eigenvalue weighted by atomic mass is 32.1. The van der Waals surface area contributed by atoms with Crippen molar-refractivity contribution in [3.8, 4) is 5.75 Å². The molecule has 1 aromatic carbocycles. The SMILES string of the molecule is COc1ccccc1Cc1nc(C(C)(C)C)c(C(=O)O)s1. The monoisotopic (exact) mass is 305 g/mol. The van der Waals surface area contributed by atoms with Crippen molar-refractivity contribution < 1.29 is 14.6 Å². The maximum absolute atomic E-state index is 11.4. The fourth-order valence-electron chi connectivity index (χ4n) is 2.11. The number of nitrogens with zero attached hydrogens (tertiary/aromatic N) is 1. The molecule has 0 unspecified atom stereocenters. The van der Waals surface area contributed by atoms with Gasteiger partial charge >= 0.3 is 5.97 Å². The average Bonchev–Trinajstić information content (AvgIpc) is 2.83. The van der Waals surface area contributed by atoms with Crippen molar-refractivity contribution in [3.63, 3.8) is 0 Å². The molecule has 0 bridgehead atoms. The van der Waals surface area contributed by atoms with Gasteiger partial charge in [0.05, 0.1) is 17.8 Å². The van der Waals surface area contributed by atoms with Gasteiger partial charge in [-0.25, -0.2) is 9.78 Å². The second-order valence-corrected chi connectivity index (χ2v) is 6.91. The lowest BCUT2D eigenvalue weighted by Crippen LogP contribution is -2.16.